The predicted octanol–water partition coefficient (Wildman–Crippen LogP) is 0.789. The Hall–Kier alpha value is -3.50. The molecule has 172 valence electrons. The zero-order valence-corrected chi connectivity index (χ0v) is 18.4. The summed E-state index contributed by atoms with van der Waals surface area (Å²) in [6, 6.07) is 6.99. The van der Waals surface area contributed by atoms with Crippen LogP contribution >= 0.6 is 0 Å². The highest BCUT2D eigenvalue weighted by Crippen LogP contribution is 2.44. The summed E-state index contributed by atoms with van der Waals surface area (Å²) in [7, 11) is 1.55. The maximum atomic E-state index is 12.0. The number of nitrogens with zero attached hydrogens (tertiary/aromatic N) is 5. The molecule has 1 saturated heterocycles. The Morgan fingerprint density at radius 3 is 2.82 bits per heavy atom. The van der Waals surface area contributed by atoms with Gasteiger partial charge in [0.1, 0.15) is 29.9 Å². The molecule has 4 heterocycles. The first-order chi connectivity index (χ1) is 16.1. The second kappa shape index (κ2) is 8.80. The minimum Gasteiger partial charge on any atom is -0.491 e. The minimum absolute atomic E-state index is 0.140. The molecule has 3 N–H and O–H groups in total. The molecule has 0 saturated carbocycles. The van der Waals surface area contributed by atoms with Gasteiger partial charge in [-0.15, -0.1) is 0 Å². The molecule has 3 aliphatic rings. The van der Waals surface area contributed by atoms with E-state index in [0.29, 0.717) is 48.4 Å². The van der Waals surface area contributed by atoms with E-state index >= 15 is 0 Å². The number of aromatic nitrogens is 1. The van der Waals surface area contributed by atoms with Crippen LogP contribution in [0.5, 0.6) is 11.5 Å². The van der Waals surface area contributed by atoms with Crippen molar-refractivity contribution in [1.29, 1.82) is 0 Å². The molecule has 5 rings (SSSR count). The summed E-state index contributed by atoms with van der Waals surface area (Å²) in [6.45, 7) is 3.95. The van der Waals surface area contributed by atoms with E-state index in [1.54, 1.807) is 25.4 Å². The van der Waals surface area contributed by atoms with Gasteiger partial charge in [0.25, 0.3) is 5.91 Å². The summed E-state index contributed by atoms with van der Waals surface area (Å²) in [5, 5.41) is 10.3. The molecule has 1 aromatic carbocycles. The summed E-state index contributed by atoms with van der Waals surface area (Å²) in [6.07, 6.45) is 2.16. The number of pyridine rings is 1. The Balaban J connectivity index is 1.52. The van der Waals surface area contributed by atoms with E-state index < -0.39 is 12.0 Å². The van der Waals surface area contributed by atoms with Gasteiger partial charge in [-0.3, -0.25) is 14.8 Å². The lowest BCUT2D eigenvalue weighted by Gasteiger charge is -2.32. The largest absolute Gasteiger partial charge is 0.491 e. The monoisotopic (exact) mass is 450 g/mol. The zero-order chi connectivity index (χ0) is 22.9. The molecule has 2 aromatic rings. The van der Waals surface area contributed by atoms with Crippen molar-refractivity contribution >= 4 is 23.3 Å². The van der Waals surface area contributed by atoms with Gasteiger partial charge in [0.05, 0.1) is 19.2 Å². The van der Waals surface area contributed by atoms with E-state index in [9.17, 15) is 9.90 Å². The van der Waals surface area contributed by atoms with Crippen molar-refractivity contribution in [3.8, 4) is 11.5 Å². The first kappa shape index (κ1) is 21.4. The topological polar surface area (TPSA) is 126 Å². The second-order valence-electron chi connectivity index (χ2n) is 8.17. The lowest BCUT2D eigenvalue weighted by atomic mass is 10.0. The first-order valence-corrected chi connectivity index (χ1v) is 11.0. The normalized spacial score (nSPS) is 17.9. The molecule has 0 radical (unpaired) electrons. The van der Waals surface area contributed by atoms with E-state index in [0.717, 1.165) is 24.5 Å². The van der Waals surface area contributed by atoms with Crippen LogP contribution in [0.25, 0.3) is 0 Å². The van der Waals surface area contributed by atoms with Gasteiger partial charge in [-0.1, -0.05) is 0 Å². The average Bonchev–Trinajstić information content (AvgIpc) is 3.29. The molecular formula is C23H26N6O4. The fourth-order valence-electron chi connectivity index (χ4n) is 4.27. The predicted molar refractivity (Wildman–Crippen MR) is 123 cm³/mol. The highest BCUT2D eigenvalue weighted by molar-refractivity contribution is 6.22. The molecular weight excluding hydrogens is 424 g/mol. The lowest BCUT2D eigenvalue weighted by molar-refractivity contribution is 0.0460. The van der Waals surface area contributed by atoms with Gasteiger partial charge in [0.15, 0.2) is 17.3 Å². The Morgan fingerprint density at radius 2 is 2.09 bits per heavy atom. The van der Waals surface area contributed by atoms with Gasteiger partial charge in [-0.05, 0) is 43.8 Å². The molecule has 1 atom stereocenters. The van der Waals surface area contributed by atoms with Crippen LogP contribution in [0.4, 0.5) is 5.69 Å². The molecule has 1 fully saturated rings. The Bertz CT molecular complexity index is 1140. The molecule has 0 aliphatic carbocycles. The number of carbonyl (C=O) groups excluding carboxylic acids is 1. The van der Waals surface area contributed by atoms with Crippen LogP contribution in [-0.2, 0) is 0 Å². The molecule has 33 heavy (non-hydrogen) atoms. The molecule has 0 unspecified atom stereocenters. The third-order valence-corrected chi connectivity index (χ3v) is 5.99. The van der Waals surface area contributed by atoms with Crippen LogP contribution in [0.3, 0.4) is 0 Å². The fourth-order valence-corrected chi connectivity index (χ4v) is 4.27. The average molecular weight is 450 g/mol. The van der Waals surface area contributed by atoms with Crippen LogP contribution in [0.1, 0.15) is 28.0 Å². The summed E-state index contributed by atoms with van der Waals surface area (Å²) in [4.78, 5) is 30.1. The number of nitrogens with two attached hydrogens (primary N) is 1. The number of carbonyl (C=O) groups is 1. The van der Waals surface area contributed by atoms with Gasteiger partial charge < -0.3 is 30.1 Å². The number of likely N-dealkylation sites (tertiary alicyclic amines) is 1. The molecule has 3 aliphatic heterocycles. The Labute approximate surface area is 191 Å². The standard InChI is InChI=1S/C23H26N6O4/c1-32-20-17(33-13-14(30)12-28-9-3-10-28)6-5-16-18(20)27-23(29-11-8-26-22(16)29)19-15(21(24)31)4-2-7-25-19/h2,4-7,14,30H,3,8-13H2,1H3,(H2,24,31)/t14-/m1/s1. The molecule has 0 bridgehead atoms. The molecule has 10 nitrogen and oxygen atoms in total. The van der Waals surface area contributed by atoms with Crippen molar-refractivity contribution in [2.24, 2.45) is 15.7 Å². The quantitative estimate of drug-likeness (QED) is 0.609. The van der Waals surface area contributed by atoms with Crippen molar-refractivity contribution in [3.63, 3.8) is 0 Å². The molecule has 10 heteroatoms. The number of aliphatic imine (C=N–C) groups is 2. The number of rotatable bonds is 8. The zero-order valence-electron chi connectivity index (χ0n) is 18.4. The summed E-state index contributed by atoms with van der Waals surface area (Å²) < 4.78 is 11.6. The fraction of sp³-hybridized carbons (Fsp3) is 0.391. The number of fused-ring (bicyclic) bond motifs is 3. The third-order valence-electron chi connectivity index (χ3n) is 5.99. The van der Waals surface area contributed by atoms with Crippen LogP contribution in [0, 0.1) is 0 Å². The number of β-amino-alcohol motifs (C(OH)–C–C–N with tert-alkyl or cyclic N) is 1. The van der Waals surface area contributed by atoms with Crippen LogP contribution in [-0.4, -0.2) is 90.0 Å². The van der Waals surface area contributed by atoms with Gasteiger partial charge in [0.2, 0.25) is 0 Å². The number of aliphatic hydroxyl groups excluding tert-OH is 1. The smallest absolute Gasteiger partial charge is 0.251 e. The van der Waals surface area contributed by atoms with Crippen LogP contribution < -0.4 is 15.2 Å². The number of ether oxygens (including phenoxy) is 2. The summed E-state index contributed by atoms with van der Waals surface area (Å²) in [5.74, 6) is 1.56. The van der Waals surface area contributed by atoms with E-state index in [1.165, 1.54) is 6.42 Å². The number of methoxy groups -OCH3 is 1. The SMILES string of the molecule is COc1c(OC[C@H](O)CN2CCC2)ccc2c1N=C(c1ncccc1C(N)=O)N1CCN=C21. The van der Waals surface area contributed by atoms with Gasteiger partial charge in [-0.2, -0.15) is 0 Å². The van der Waals surface area contributed by atoms with E-state index in [-0.39, 0.29) is 12.2 Å². The van der Waals surface area contributed by atoms with Crippen molar-refractivity contribution in [2.45, 2.75) is 12.5 Å². The summed E-state index contributed by atoms with van der Waals surface area (Å²) in [5.41, 5.74) is 7.62. The number of hydrogen-bond donors (Lipinski definition) is 2. The van der Waals surface area contributed by atoms with Crippen LogP contribution in [0.2, 0.25) is 0 Å². The third kappa shape index (κ3) is 3.91. The van der Waals surface area contributed by atoms with Crippen molar-refractivity contribution in [1.82, 2.24) is 14.8 Å². The highest BCUT2D eigenvalue weighted by atomic mass is 16.5. The van der Waals surface area contributed by atoms with Crippen molar-refractivity contribution < 1.29 is 19.4 Å². The number of aliphatic hydroxyl groups is 1. The van der Waals surface area contributed by atoms with Crippen LogP contribution in [0.15, 0.2) is 40.4 Å². The second-order valence-corrected chi connectivity index (χ2v) is 8.17. The highest BCUT2D eigenvalue weighted by Gasteiger charge is 2.35. The first-order valence-electron chi connectivity index (χ1n) is 11.0. The van der Waals surface area contributed by atoms with Gasteiger partial charge >= 0.3 is 0 Å². The number of amides is 1. The van der Waals surface area contributed by atoms with Crippen molar-refractivity contribution in [2.75, 3.05) is 46.4 Å². The Morgan fingerprint density at radius 1 is 1.24 bits per heavy atom. The summed E-state index contributed by atoms with van der Waals surface area (Å²) >= 11 is 0. The minimum atomic E-state index is -0.605. The lowest BCUT2D eigenvalue weighted by Crippen LogP contribution is -2.43. The number of hydrogen-bond acceptors (Lipinski definition) is 9. The maximum Gasteiger partial charge on any atom is 0.251 e. The number of amidine groups is 2. The molecule has 1 amide bonds. The number of primary amides is 1. The Kier molecular flexibility index (Phi) is 5.69. The van der Waals surface area contributed by atoms with E-state index in [1.807, 2.05) is 17.0 Å². The number of benzene rings is 1. The molecule has 0 spiro atoms. The van der Waals surface area contributed by atoms with E-state index in [4.69, 9.17) is 20.2 Å². The van der Waals surface area contributed by atoms with E-state index in [2.05, 4.69) is 14.9 Å². The molecule has 1 aromatic heterocycles. The van der Waals surface area contributed by atoms with Crippen molar-refractivity contribution in [3.05, 3.63) is 47.3 Å². The maximum absolute atomic E-state index is 12.0. The van der Waals surface area contributed by atoms with Gasteiger partial charge in [-0.25, -0.2) is 4.99 Å². The van der Waals surface area contributed by atoms with Gasteiger partial charge in [0, 0.05) is 24.8 Å².